The van der Waals surface area contributed by atoms with Crippen LogP contribution in [0.3, 0.4) is 0 Å². The summed E-state index contributed by atoms with van der Waals surface area (Å²) in [6.07, 6.45) is 1.26. The second-order valence-electron chi connectivity index (χ2n) is 3.63. The van der Waals surface area contributed by atoms with Gasteiger partial charge in [0.15, 0.2) is 6.29 Å². The second-order valence-corrected chi connectivity index (χ2v) is 3.63. The maximum absolute atomic E-state index is 11.2. The maximum Gasteiger partial charge on any atom is 0.240 e. The van der Waals surface area contributed by atoms with E-state index >= 15 is 0 Å². The summed E-state index contributed by atoms with van der Waals surface area (Å²) in [6, 6.07) is 7.29. The minimum absolute atomic E-state index is 0.0109. The molecule has 1 amide bonds. The van der Waals surface area contributed by atoms with E-state index in [-0.39, 0.29) is 11.9 Å². The summed E-state index contributed by atoms with van der Waals surface area (Å²) in [5.41, 5.74) is 4.07. The van der Waals surface area contributed by atoms with Gasteiger partial charge in [0.05, 0.1) is 18.2 Å². The van der Waals surface area contributed by atoms with E-state index in [1.807, 2.05) is 19.1 Å². The molecule has 0 aliphatic carbocycles. The Hall–Kier alpha value is -1.84. The summed E-state index contributed by atoms with van der Waals surface area (Å²) in [7, 11) is 0. The topological polar surface area (TPSA) is 49.4 Å². The molecule has 0 aromatic heterocycles. The van der Waals surface area contributed by atoms with Gasteiger partial charge in [-0.2, -0.15) is 0 Å². The molecule has 0 bridgehead atoms. The average Bonchev–Trinajstić information content (AvgIpc) is 2.57. The zero-order chi connectivity index (χ0) is 10.8. The maximum atomic E-state index is 11.2. The Morgan fingerprint density at radius 3 is 2.80 bits per heavy atom. The fraction of sp³-hybridized carbons (Fsp3) is 0.273. The van der Waals surface area contributed by atoms with Crippen molar-refractivity contribution < 1.29 is 9.59 Å². The summed E-state index contributed by atoms with van der Waals surface area (Å²) in [5, 5.41) is 1.74. The molecule has 2 rings (SSSR count). The van der Waals surface area contributed by atoms with Crippen molar-refractivity contribution in [1.29, 1.82) is 0 Å². The monoisotopic (exact) mass is 204 g/mol. The van der Waals surface area contributed by atoms with Crippen LogP contribution in [0.2, 0.25) is 0 Å². The number of hydrogen-bond acceptors (Lipinski definition) is 3. The molecular formula is C11H12N2O2. The normalized spacial score (nSPS) is 20.2. The number of nitrogens with zero attached hydrogens (tertiary/aromatic N) is 1. The minimum Gasteiger partial charge on any atom is -0.298 e. The molecule has 15 heavy (non-hydrogen) atoms. The highest BCUT2D eigenvalue weighted by Crippen LogP contribution is 2.23. The van der Waals surface area contributed by atoms with Crippen LogP contribution in [-0.4, -0.2) is 18.2 Å². The Kier molecular flexibility index (Phi) is 2.41. The average molecular weight is 204 g/mol. The van der Waals surface area contributed by atoms with Crippen LogP contribution in [-0.2, 0) is 4.79 Å². The summed E-state index contributed by atoms with van der Waals surface area (Å²) < 4.78 is 0. The van der Waals surface area contributed by atoms with Crippen LogP contribution in [0.15, 0.2) is 24.3 Å². The molecule has 1 atom stereocenters. The lowest BCUT2D eigenvalue weighted by Gasteiger charge is -2.23. The number of carbonyl (C=O) groups excluding carboxylic acids is 2. The van der Waals surface area contributed by atoms with E-state index in [9.17, 15) is 9.59 Å². The fourth-order valence-electron chi connectivity index (χ4n) is 1.75. The Balaban J connectivity index is 2.36. The van der Waals surface area contributed by atoms with Crippen molar-refractivity contribution >= 4 is 17.9 Å². The highest BCUT2D eigenvalue weighted by atomic mass is 16.2. The SMILES string of the molecule is CC1CC(=O)NN1c1ccccc1C=O. The van der Waals surface area contributed by atoms with Gasteiger partial charge in [0.2, 0.25) is 5.91 Å². The van der Waals surface area contributed by atoms with Crippen LogP contribution in [0.4, 0.5) is 5.69 Å². The number of benzene rings is 1. The van der Waals surface area contributed by atoms with Crippen molar-refractivity contribution in [3.63, 3.8) is 0 Å². The van der Waals surface area contributed by atoms with E-state index in [4.69, 9.17) is 0 Å². The Labute approximate surface area is 87.9 Å². The zero-order valence-corrected chi connectivity index (χ0v) is 8.43. The molecule has 1 aliphatic rings. The van der Waals surface area contributed by atoms with E-state index in [0.717, 1.165) is 12.0 Å². The smallest absolute Gasteiger partial charge is 0.240 e. The Morgan fingerprint density at radius 1 is 1.47 bits per heavy atom. The van der Waals surface area contributed by atoms with Gasteiger partial charge < -0.3 is 0 Å². The molecule has 1 unspecified atom stereocenters. The molecule has 1 N–H and O–H groups in total. The summed E-state index contributed by atoms with van der Waals surface area (Å²) in [6.45, 7) is 1.94. The van der Waals surface area contributed by atoms with Crippen LogP contribution >= 0.6 is 0 Å². The first-order valence-electron chi connectivity index (χ1n) is 4.85. The molecule has 1 heterocycles. The quantitative estimate of drug-likeness (QED) is 0.735. The van der Waals surface area contributed by atoms with Gasteiger partial charge in [-0.25, -0.2) is 0 Å². The van der Waals surface area contributed by atoms with Crippen LogP contribution in [0, 0.1) is 0 Å². The van der Waals surface area contributed by atoms with E-state index < -0.39 is 0 Å². The van der Waals surface area contributed by atoms with E-state index in [1.165, 1.54) is 0 Å². The molecule has 0 saturated carbocycles. The van der Waals surface area contributed by atoms with Crippen molar-refractivity contribution in [2.75, 3.05) is 5.01 Å². The predicted molar refractivity (Wildman–Crippen MR) is 56.5 cm³/mol. The van der Waals surface area contributed by atoms with Crippen molar-refractivity contribution in [3.8, 4) is 0 Å². The third-order valence-corrected chi connectivity index (χ3v) is 2.49. The summed E-state index contributed by atoms with van der Waals surface area (Å²) in [5.74, 6) is -0.0109. The lowest BCUT2D eigenvalue weighted by atomic mass is 10.1. The van der Waals surface area contributed by atoms with Gasteiger partial charge in [-0.05, 0) is 19.1 Å². The number of nitrogens with one attached hydrogen (secondary N) is 1. The van der Waals surface area contributed by atoms with Gasteiger partial charge in [-0.1, -0.05) is 12.1 Å². The number of amides is 1. The standard InChI is InChI=1S/C11H12N2O2/c1-8-6-11(15)12-13(8)10-5-3-2-4-9(10)7-14/h2-5,7-8H,6H2,1H3,(H,12,15). The first-order valence-corrected chi connectivity index (χ1v) is 4.85. The highest BCUT2D eigenvalue weighted by molar-refractivity contribution is 5.88. The van der Waals surface area contributed by atoms with Gasteiger partial charge in [-0.15, -0.1) is 0 Å². The molecule has 78 valence electrons. The van der Waals surface area contributed by atoms with Crippen LogP contribution in [0.5, 0.6) is 0 Å². The molecule has 1 aromatic carbocycles. The fourth-order valence-corrected chi connectivity index (χ4v) is 1.75. The second kappa shape index (κ2) is 3.73. The first kappa shape index (κ1) is 9.71. The van der Waals surface area contributed by atoms with Gasteiger partial charge >= 0.3 is 0 Å². The molecule has 1 fully saturated rings. The van der Waals surface area contributed by atoms with Crippen molar-refractivity contribution in [2.45, 2.75) is 19.4 Å². The molecule has 1 aromatic rings. The lowest BCUT2D eigenvalue weighted by Crippen LogP contribution is -2.37. The van der Waals surface area contributed by atoms with E-state index in [2.05, 4.69) is 5.43 Å². The molecule has 1 saturated heterocycles. The van der Waals surface area contributed by atoms with Gasteiger partial charge in [-0.3, -0.25) is 20.0 Å². The number of anilines is 1. The number of carbonyl (C=O) groups is 2. The number of hydrogen-bond donors (Lipinski definition) is 1. The van der Waals surface area contributed by atoms with Crippen molar-refractivity contribution in [2.24, 2.45) is 0 Å². The first-order chi connectivity index (χ1) is 7.22. The minimum atomic E-state index is -0.0109. The van der Waals surface area contributed by atoms with Crippen molar-refractivity contribution in [1.82, 2.24) is 5.43 Å². The number of aldehydes is 1. The van der Waals surface area contributed by atoms with Crippen LogP contribution in [0.25, 0.3) is 0 Å². The number of hydrazine groups is 1. The van der Waals surface area contributed by atoms with Crippen molar-refractivity contribution in [3.05, 3.63) is 29.8 Å². The molecule has 1 aliphatic heterocycles. The molecule has 4 nitrogen and oxygen atoms in total. The van der Waals surface area contributed by atoms with Gasteiger partial charge in [0, 0.05) is 5.56 Å². The van der Waals surface area contributed by atoms with Crippen LogP contribution in [0.1, 0.15) is 23.7 Å². The predicted octanol–water partition coefficient (Wildman–Crippen LogP) is 1.13. The van der Waals surface area contributed by atoms with Crippen LogP contribution < -0.4 is 10.4 Å². The molecule has 4 heteroatoms. The zero-order valence-electron chi connectivity index (χ0n) is 8.43. The largest absolute Gasteiger partial charge is 0.298 e. The van der Waals surface area contributed by atoms with Gasteiger partial charge in [0.25, 0.3) is 0 Å². The van der Waals surface area contributed by atoms with Gasteiger partial charge in [0.1, 0.15) is 0 Å². The Morgan fingerprint density at radius 2 is 2.20 bits per heavy atom. The highest BCUT2D eigenvalue weighted by Gasteiger charge is 2.27. The van der Waals surface area contributed by atoms with E-state index in [0.29, 0.717) is 12.0 Å². The number of rotatable bonds is 2. The molecular weight excluding hydrogens is 192 g/mol. The third-order valence-electron chi connectivity index (χ3n) is 2.49. The summed E-state index contributed by atoms with van der Waals surface area (Å²) >= 11 is 0. The lowest BCUT2D eigenvalue weighted by molar-refractivity contribution is -0.119. The molecule has 0 radical (unpaired) electrons. The summed E-state index contributed by atoms with van der Waals surface area (Å²) in [4.78, 5) is 22.0. The molecule has 0 spiro atoms. The van der Waals surface area contributed by atoms with E-state index in [1.54, 1.807) is 17.1 Å². The third kappa shape index (κ3) is 1.70. The Bertz CT molecular complexity index is 403. The number of para-hydroxylation sites is 1.